The highest BCUT2D eigenvalue weighted by atomic mass is 16.6. The highest BCUT2D eigenvalue weighted by Crippen LogP contribution is 2.15. The second kappa shape index (κ2) is 6.29. The number of benzene rings is 1. The Kier molecular flexibility index (Phi) is 4.47. The molecule has 0 bridgehead atoms. The van der Waals surface area contributed by atoms with Crippen LogP contribution in [0.2, 0.25) is 0 Å². The quantitative estimate of drug-likeness (QED) is 0.478. The normalized spacial score (nSPS) is 18.6. The minimum Gasteiger partial charge on any atom is -0.380 e. The molecule has 0 spiro atoms. The van der Waals surface area contributed by atoms with Crippen LogP contribution in [-0.4, -0.2) is 42.0 Å². The van der Waals surface area contributed by atoms with Crippen LogP contribution in [0.15, 0.2) is 30.3 Å². The van der Waals surface area contributed by atoms with Crippen LogP contribution in [0, 0.1) is 10.1 Å². The number of nitrogens with zero attached hydrogens (tertiary/aromatic N) is 2. The Morgan fingerprint density at radius 1 is 1.55 bits per heavy atom. The van der Waals surface area contributed by atoms with Crippen LogP contribution in [0.4, 0.5) is 5.69 Å². The molecule has 1 aromatic rings. The number of non-ortho nitro benzene ring substituents is 1. The minimum atomic E-state index is -0.456. The van der Waals surface area contributed by atoms with Crippen molar-refractivity contribution in [3.8, 4) is 0 Å². The number of carbonyl (C=O) groups excluding carboxylic acids is 1. The lowest BCUT2D eigenvalue weighted by Gasteiger charge is -2.13. The molecule has 0 aliphatic carbocycles. The van der Waals surface area contributed by atoms with E-state index in [1.54, 1.807) is 30.2 Å². The zero-order chi connectivity index (χ0) is 14.5. The van der Waals surface area contributed by atoms with Gasteiger partial charge in [0, 0.05) is 38.4 Å². The van der Waals surface area contributed by atoms with Gasteiger partial charge in [-0.05, 0) is 18.1 Å². The third kappa shape index (κ3) is 3.42. The predicted molar refractivity (Wildman–Crippen MR) is 74.1 cm³/mol. The standard InChI is InChI=1S/C14H16N2O4/c1-20-13-7-8-15(10-13)14(17)6-5-11-3-2-4-12(9-11)16(18)19/h2-6,9,13H,7-8,10H2,1H3/b6-5+. The molecule has 0 N–H and O–H groups in total. The largest absolute Gasteiger partial charge is 0.380 e. The summed E-state index contributed by atoms with van der Waals surface area (Å²) in [6.45, 7) is 1.27. The summed E-state index contributed by atoms with van der Waals surface area (Å²) >= 11 is 0. The summed E-state index contributed by atoms with van der Waals surface area (Å²) in [4.78, 5) is 23.9. The maximum atomic E-state index is 11.9. The monoisotopic (exact) mass is 276 g/mol. The van der Waals surface area contributed by atoms with E-state index in [2.05, 4.69) is 0 Å². The summed E-state index contributed by atoms with van der Waals surface area (Å²) < 4.78 is 5.20. The molecule has 1 amide bonds. The Hall–Kier alpha value is -2.21. The van der Waals surface area contributed by atoms with Crippen molar-refractivity contribution < 1.29 is 14.5 Å². The van der Waals surface area contributed by atoms with Crippen molar-refractivity contribution in [1.29, 1.82) is 0 Å². The van der Waals surface area contributed by atoms with Gasteiger partial charge >= 0.3 is 0 Å². The number of nitro benzene ring substituents is 1. The van der Waals surface area contributed by atoms with E-state index in [0.717, 1.165) is 6.42 Å². The van der Waals surface area contributed by atoms with E-state index in [1.165, 1.54) is 18.2 Å². The van der Waals surface area contributed by atoms with E-state index in [-0.39, 0.29) is 17.7 Å². The van der Waals surface area contributed by atoms with Gasteiger partial charge in [-0.2, -0.15) is 0 Å². The molecular formula is C14H16N2O4. The number of rotatable bonds is 4. The zero-order valence-corrected chi connectivity index (χ0v) is 11.2. The average molecular weight is 276 g/mol. The van der Waals surface area contributed by atoms with Crippen LogP contribution >= 0.6 is 0 Å². The fourth-order valence-electron chi connectivity index (χ4n) is 2.14. The van der Waals surface area contributed by atoms with E-state index in [9.17, 15) is 14.9 Å². The van der Waals surface area contributed by atoms with Gasteiger partial charge in [0.1, 0.15) is 0 Å². The highest BCUT2D eigenvalue weighted by Gasteiger charge is 2.24. The summed E-state index contributed by atoms with van der Waals surface area (Å²) in [6, 6.07) is 6.17. The topological polar surface area (TPSA) is 72.7 Å². The molecule has 1 saturated heterocycles. The van der Waals surface area contributed by atoms with Gasteiger partial charge in [-0.25, -0.2) is 0 Å². The molecule has 6 nitrogen and oxygen atoms in total. The fraction of sp³-hybridized carbons (Fsp3) is 0.357. The molecule has 2 rings (SSSR count). The molecule has 1 fully saturated rings. The van der Waals surface area contributed by atoms with Crippen molar-refractivity contribution in [2.45, 2.75) is 12.5 Å². The molecule has 1 unspecified atom stereocenters. The molecule has 0 radical (unpaired) electrons. The predicted octanol–water partition coefficient (Wildman–Crippen LogP) is 1.86. The van der Waals surface area contributed by atoms with Gasteiger partial charge < -0.3 is 9.64 Å². The van der Waals surface area contributed by atoms with Crippen molar-refractivity contribution >= 4 is 17.7 Å². The van der Waals surface area contributed by atoms with E-state index < -0.39 is 4.92 Å². The average Bonchev–Trinajstić information content (AvgIpc) is 2.94. The number of nitro groups is 1. The van der Waals surface area contributed by atoms with Crippen LogP contribution in [0.1, 0.15) is 12.0 Å². The third-order valence-corrected chi connectivity index (χ3v) is 3.29. The number of methoxy groups -OCH3 is 1. The molecule has 1 atom stereocenters. The Labute approximate surface area is 116 Å². The maximum absolute atomic E-state index is 11.9. The van der Waals surface area contributed by atoms with Crippen LogP contribution < -0.4 is 0 Å². The van der Waals surface area contributed by atoms with Crippen molar-refractivity contribution in [2.24, 2.45) is 0 Å². The fourth-order valence-corrected chi connectivity index (χ4v) is 2.14. The number of hydrogen-bond donors (Lipinski definition) is 0. The lowest BCUT2D eigenvalue weighted by Crippen LogP contribution is -2.28. The number of ether oxygens (including phenoxy) is 1. The molecule has 1 aromatic carbocycles. The first kappa shape index (κ1) is 14.2. The van der Waals surface area contributed by atoms with Crippen LogP contribution in [0.3, 0.4) is 0 Å². The SMILES string of the molecule is COC1CCN(C(=O)/C=C/c2cccc([N+](=O)[O-])c2)C1. The summed E-state index contributed by atoms with van der Waals surface area (Å²) in [5.41, 5.74) is 0.648. The van der Waals surface area contributed by atoms with E-state index in [0.29, 0.717) is 18.7 Å². The van der Waals surface area contributed by atoms with Crippen molar-refractivity contribution in [3.05, 3.63) is 46.0 Å². The molecule has 1 heterocycles. The molecule has 1 aliphatic heterocycles. The van der Waals surface area contributed by atoms with Gasteiger partial charge in [-0.3, -0.25) is 14.9 Å². The first-order valence-corrected chi connectivity index (χ1v) is 6.34. The Balaban J connectivity index is 2.00. The van der Waals surface area contributed by atoms with Gasteiger partial charge in [0.2, 0.25) is 5.91 Å². The summed E-state index contributed by atoms with van der Waals surface area (Å²) in [6.07, 6.45) is 3.98. The van der Waals surface area contributed by atoms with Crippen LogP contribution in [0.5, 0.6) is 0 Å². The lowest BCUT2D eigenvalue weighted by atomic mass is 10.2. The second-order valence-corrected chi connectivity index (χ2v) is 4.62. The molecule has 6 heteroatoms. The number of likely N-dealkylation sites (tertiary alicyclic amines) is 1. The molecule has 106 valence electrons. The highest BCUT2D eigenvalue weighted by molar-refractivity contribution is 5.92. The third-order valence-electron chi connectivity index (χ3n) is 3.29. The summed E-state index contributed by atoms with van der Waals surface area (Å²) in [5, 5.41) is 10.7. The molecule has 0 aromatic heterocycles. The Morgan fingerprint density at radius 3 is 3.00 bits per heavy atom. The maximum Gasteiger partial charge on any atom is 0.270 e. The summed E-state index contributed by atoms with van der Waals surface area (Å²) in [5.74, 6) is -0.101. The van der Waals surface area contributed by atoms with Gasteiger partial charge in [0.15, 0.2) is 0 Å². The van der Waals surface area contributed by atoms with Gasteiger partial charge in [0.25, 0.3) is 5.69 Å². The first-order valence-electron chi connectivity index (χ1n) is 6.34. The number of carbonyl (C=O) groups is 1. The Morgan fingerprint density at radius 2 is 2.35 bits per heavy atom. The van der Waals surface area contributed by atoms with Gasteiger partial charge in [-0.15, -0.1) is 0 Å². The molecular weight excluding hydrogens is 260 g/mol. The zero-order valence-electron chi connectivity index (χ0n) is 11.2. The van der Waals surface area contributed by atoms with Crippen LogP contribution in [-0.2, 0) is 9.53 Å². The van der Waals surface area contributed by atoms with Crippen LogP contribution in [0.25, 0.3) is 6.08 Å². The second-order valence-electron chi connectivity index (χ2n) is 4.62. The number of hydrogen-bond acceptors (Lipinski definition) is 4. The summed E-state index contributed by atoms with van der Waals surface area (Å²) in [7, 11) is 1.64. The van der Waals surface area contributed by atoms with Crippen molar-refractivity contribution in [3.63, 3.8) is 0 Å². The van der Waals surface area contributed by atoms with E-state index >= 15 is 0 Å². The first-order chi connectivity index (χ1) is 9.60. The van der Waals surface area contributed by atoms with Gasteiger partial charge in [0.05, 0.1) is 11.0 Å². The number of amides is 1. The van der Waals surface area contributed by atoms with E-state index in [4.69, 9.17) is 4.74 Å². The van der Waals surface area contributed by atoms with Crippen molar-refractivity contribution in [2.75, 3.05) is 20.2 Å². The van der Waals surface area contributed by atoms with Gasteiger partial charge in [-0.1, -0.05) is 12.1 Å². The van der Waals surface area contributed by atoms with Crippen molar-refractivity contribution in [1.82, 2.24) is 4.90 Å². The lowest BCUT2D eigenvalue weighted by molar-refractivity contribution is -0.384. The smallest absolute Gasteiger partial charge is 0.270 e. The molecule has 1 aliphatic rings. The molecule has 0 saturated carbocycles. The Bertz CT molecular complexity index is 542. The minimum absolute atomic E-state index is 0.0141. The van der Waals surface area contributed by atoms with E-state index in [1.807, 2.05) is 0 Å². The molecule has 20 heavy (non-hydrogen) atoms.